The highest BCUT2D eigenvalue weighted by molar-refractivity contribution is 6.07. The van der Waals surface area contributed by atoms with Crippen LogP contribution in [0.4, 0.5) is 18.0 Å². The first-order chi connectivity index (χ1) is 24.3. The van der Waals surface area contributed by atoms with Gasteiger partial charge in [0.1, 0.15) is 23.6 Å². The lowest BCUT2D eigenvalue weighted by molar-refractivity contribution is -0.138. The summed E-state index contributed by atoms with van der Waals surface area (Å²) in [4.78, 5) is 38.0. The number of carbonyl (C=O) groups excluding carboxylic acids is 2. The molecule has 0 unspecified atom stereocenters. The Hall–Kier alpha value is -3.97. The second-order valence-electron chi connectivity index (χ2n) is 15.4. The van der Waals surface area contributed by atoms with E-state index < -0.39 is 17.3 Å². The van der Waals surface area contributed by atoms with Gasteiger partial charge in [0.2, 0.25) is 11.7 Å². The predicted molar refractivity (Wildman–Crippen MR) is 182 cm³/mol. The number of hydrogen-bond donors (Lipinski definition) is 0. The molecule has 3 amide bonds. The molecule has 1 aliphatic carbocycles. The number of benzene rings is 2. The average molecular weight is 710 g/mol. The first kappa shape index (κ1) is 35.4. The van der Waals surface area contributed by atoms with Gasteiger partial charge in [0.15, 0.2) is 0 Å². The number of rotatable bonds is 9. The van der Waals surface area contributed by atoms with Crippen LogP contribution in [0.25, 0.3) is 11.4 Å². The van der Waals surface area contributed by atoms with E-state index in [0.29, 0.717) is 50.3 Å². The minimum absolute atomic E-state index is 0.0342. The number of piperidine rings is 1. The van der Waals surface area contributed by atoms with Gasteiger partial charge in [0.05, 0.1) is 5.56 Å². The fourth-order valence-electron chi connectivity index (χ4n) is 7.92. The summed E-state index contributed by atoms with van der Waals surface area (Å²) < 4.78 is 60.0. The van der Waals surface area contributed by atoms with Crippen molar-refractivity contribution >= 4 is 11.9 Å². The van der Waals surface area contributed by atoms with Crippen LogP contribution in [-0.2, 0) is 27.7 Å². The third-order valence-corrected chi connectivity index (χ3v) is 11.2. The molecule has 274 valence electrons. The van der Waals surface area contributed by atoms with Crippen molar-refractivity contribution in [3.63, 3.8) is 0 Å². The Morgan fingerprint density at radius 3 is 2.31 bits per heavy atom. The van der Waals surface area contributed by atoms with Gasteiger partial charge in [-0.05, 0) is 80.5 Å². The van der Waals surface area contributed by atoms with Gasteiger partial charge in [0.25, 0.3) is 5.91 Å². The fraction of sp³-hybridized carbons (Fsp3) is 0.579. The number of imide groups is 1. The van der Waals surface area contributed by atoms with Gasteiger partial charge in [0, 0.05) is 50.0 Å². The molecule has 13 heteroatoms. The summed E-state index contributed by atoms with van der Waals surface area (Å²) in [5, 5.41) is 3.95. The molecule has 4 fully saturated rings. The molecular weight excluding hydrogens is 663 g/mol. The summed E-state index contributed by atoms with van der Waals surface area (Å²) in [7, 11) is 0. The first-order valence-electron chi connectivity index (χ1n) is 18.1. The third kappa shape index (κ3) is 7.11. The highest BCUT2D eigenvalue weighted by atomic mass is 19.4. The lowest BCUT2D eigenvalue weighted by Crippen LogP contribution is -2.58. The van der Waals surface area contributed by atoms with Crippen LogP contribution in [0.15, 0.2) is 47.0 Å². The lowest BCUT2D eigenvalue weighted by Gasteiger charge is -2.47. The van der Waals surface area contributed by atoms with Crippen molar-refractivity contribution in [2.24, 2.45) is 5.92 Å². The Bertz CT molecular complexity index is 1740. The Morgan fingerprint density at radius 1 is 0.941 bits per heavy atom. The van der Waals surface area contributed by atoms with Gasteiger partial charge in [-0.1, -0.05) is 50.5 Å². The summed E-state index contributed by atoms with van der Waals surface area (Å²) in [6, 6.07) is 10.8. The van der Waals surface area contributed by atoms with Crippen LogP contribution >= 0.6 is 0 Å². The number of halogens is 3. The summed E-state index contributed by atoms with van der Waals surface area (Å²) in [5.41, 5.74) is -1.46. The Kier molecular flexibility index (Phi) is 9.64. The molecule has 2 aromatic carbocycles. The number of carbonyl (C=O) groups is 2. The summed E-state index contributed by atoms with van der Waals surface area (Å²) in [6.45, 7) is 9.00. The summed E-state index contributed by atoms with van der Waals surface area (Å²) >= 11 is 0. The maximum Gasteiger partial charge on any atom is 0.420 e. The second kappa shape index (κ2) is 13.9. The maximum atomic E-state index is 14.4. The molecule has 4 heterocycles. The molecule has 0 bridgehead atoms. The van der Waals surface area contributed by atoms with E-state index in [1.54, 1.807) is 17.0 Å². The van der Waals surface area contributed by atoms with Crippen LogP contribution in [0.1, 0.15) is 89.2 Å². The highest BCUT2D eigenvalue weighted by Gasteiger charge is 2.58. The standard InChI is InChI=1S/C38H46F3N5O5/c1-36(2,3)28-9-4-5-10-30(28)50-31-12-11-26(23-29(31)38(39,40)41)33-42-32(51-43-33)24-45-34(47)37(16-19-44(20-17-37)27-7-6-8-27)46(35(45)48)18-13-25-14-21-49-22-15-25/h4-5,9-12,23,25,27H,6-8,13-22,24H2,1-3H3. The number of urea groups is 1. The largest absolute Gasteiger partial charge is 0.456 e. The quantitative estimate of drug-likeness (QED) is 0.208. The first-order valence-corrected chi connectivity index (χ1v) is 18.1. The molecular formula is C38H46F3N5O5. The van der Waals surface area contributed by atoms with Crippen LogP contribution in [0.5, 0.6) is 11.5 Å². The van der Waals surface area contributed by atoms with E-state index in [1.165, 1.54) is 36.3 Å². The molecule has 3 aliphatic heterocycles. The Labute approximate surface area is 296 Å². The van der Waals surface area contributed by atoms with E-state index >= 15 is 0 Å². The number of nitrogens with zero attached hydrogens (tertiary/aromatic N) is 5. The molecule has 0 atom stereocenters. The van der Waals surface area contributed by atoms with Crippen molar-refractivity contribution in [3.8, 4) is 22.9 Å². The van der Waals surface area contributed by atoms with E-state index in [1.807, 2.05) is 32.9 Å². The number of hydrogen-bond acceptors (Lipinski definition) is 8. The van der Waals surface area contributed by atoms with Crippen molar-refractivity contribution in [1.29, 1.82) is 0 Å². The normalized spacial score (nSPS) is 20.7. The molecule has 4 aliphatic rings. The van der Waals surface area contributed by atoms with Gasteiger partial charge in [-0.2, -0.15) is 18.2 Å². The second-order valence-corrected chi connectivity index (χ2v) is 15.4. The lowest BCUT2D eigenvalue weighted by atomic mass is 9.82. The zero-order valence-electron chi connectivity index (χ0n) is 29.5. The minimum atomic E-state index is -4.74. The van der Waals surface area contributed by atoms with E-state index in [9.17, 15) is 22.8 Å². The van der Waals surface area contributed by atoms with Crippen LogP contribution < -0.4 is 4.74 Å². The molecule has 0 N–H and O–H groups in total. The van der Waals surface area contributed by atoms with Crippen molar-refractivity contribution in [1.82, 2.24) is 24.8 Å². The van der Waals surface area contributed by atoms with Gasteiger partial charge >= 0.3 is 12.2 Å². The van der Waals surface area contributed by atoms with E-state index in [0.717, 1.165) is 44.0 Å². The van der Waals surface area contributed by atoms with Crippen molar-refractivity contribution < 1.29 is 36.8 Å². The molecule has 3 saturated heterocycles. The summed E-state index contributed by atoms with van der Waals surface area (Å²) in [6.07, 6.45) is 2.60. The third-order valence-electron chi connectivity index (χ3n) is 11.2. The number of alkyl halides is 3. The Morgan fingerprint density at radius 2 is 1.65 bits per heavy atom. The molecule has 1 aromatic heterocycles. The van der Waals surface area contributed by atoms with Crippen LogP contribution in [0, 0.1) is 5.92 Å². The van der Waals surface area contributed by atoms with Crippen LogP contribution in [0.3, 0.4) is 0 Å². The van der Waals surface area contributed by atoms with E-state index in [2.05, 4.69) is 15.0 Å². The van der Waals surface area contributed by atoms with Gasteiger partial charge in [-0.25, -0.2) is 4.79 Å². The molecule has 0 radical (unpaired) electrons. The SMILES string of the molecule is CC(C)(C)c1ccccc1Oc1ccc(-c2noc(CN3C(=O)N(CCC4CCOCC4)C4(CCN(C5CCC5)CC4)C3=O)n2)cc1C(F)(F)F. The molecule has 7 rings (SSSR count). The average Bonchev–Trinajstić information content (AvgIpc) is 3.61. The molecule has 10 nitrogen and oxygen atoms in total. The van der Waals surface area contributed by atoms with Crippen molar-refractivity contribution in [2.45, 2.75) is 102 Å². The monoisotopic (exact) mass is 709 g/mol. The van der Waals surface area contributed by atoms with E-state index in [-0.39, 0.29) is 46.9 Å². The predicted octanol–water partition coefficient (Wildman–Crippen LogP) is 7.81. The van der Waals surface area contributed by atoms with Gasteiger partial charge < -0.3 is 23.8 Å². The molecule has 1 saturated carbocycles. The highest BCUT2D eigenvalue weighted by Crippen LogP contribution is 2.43. The number of amides is 3. The zero-order chi connectivity index (χ0) is 36.0. The van der Waals surface area contributed by atoms with Crippen molar-refractivity contribution in [3.05, 3.63) is 59.5 Å². The number of likely N-dealkylation sites (tertiary alicyclic amines) is 1. The summed E-state index contributed by atoms with van der Waals surface area (Å²) in [5.74, 6) is 0.00807. The van der Waals surface area contributed by atoms with Crippen molar-refractivity contribution in [2.75, 3.05) is 32.8 Å². The van der Waals surface area contributed by atoms with Gasteiger partial charge in [-0.3, -0.25) is 9.69 Å². The zero-order valence-corrected chi connectivity index (χ0v) is 29.5. The minimum Gasteiger partial charge on any atom is -0.456 e. The molecule has 1 spiro atoms. The topological polar surface area (TPSA) is 101 Å². The van der Waals surface area contributed by atoms with E-state index in [4.69, 9.17) is 14.0 Å². The maximum absolute atomic E-state index is 14.4. The number of ether oxygens (including phenoxy) is 2. The number of aromatic nitrogens is 2. The van der Waals surface area contributed by atoms with Gasteiger partial charge in [-0.15, -0.1) is 0 Å². The van der Waals surface area contributed by atoms with Crippen LogP contribution in [-0.4, -0.2) is 81.2 Å². The Balaban J connectivity index is 1.11. The molecule has 51 heavy (non-hydrogen) atoms. The number of para-hydroxylation sites is 1. The smallest absolute Gasteiger partial charge is 0.420 e. The fourth-order valence-corrected chi connectivity index (χ4v) is 7.92. The van der Waals surface area contributed by atoms with Crippen LogP contribution in [0.2, 0.25) is 0 Å². The molecule has 3 aromatic rings.